The molecule has 3 aromatic carbocycles. The topological polar surface area (TPSA) is 50.8 Å². The second-order valence-electron chi connectivity index (χ2n) is 11.9. The number of hydrogen-bond donors (Lipinski definition) is 1. The number of carbonyl (C=O) groups excluding carboxylic acids is 1. The lowest BCUT2D eigenvalue weighted by molar-refractivity contribution is -0.138. The summed E-state index contributed by atoms with van der Waals surface area (Å²) in [5, 5.41) is 3.16. The Kier molecular flexibility index (Phi) is 8.42. The van der Waals surface area contributed by atoms with Gasteiger partial charge in [-0.05, 0) is 110 Å². The molecule has 0 aromatic heterocycles. The van der Waals surface area contributed by atoms with Crippen LogP contribution >= 0.6 is 11.6 Å². The van der Waals surface area contributed by atoms with E-state index in [-0.39, 0.29) is 35.8 Å². The zero-order chi connectivity index (χ0) is 29.4. The van der Waals surface area contributed by atoms with Crippen LogP contribution in [0.15, 0.2) is 54.6 Å². The molecule has 3 aromatic rings. The molecule has 1 heterocycles. The molecule has 1 amide bonds. The summed E-state index contributed by atoms with van der Waals surface area (Å²) in [6.07, 6.45) is 3.15. The van der Waals surface area contributed by atoms with Crippen molar-refractivity contribution in [2.75, 3.05) is 26.3 Å². The minimum atomic E-state index is -0.737. The number of aryl methyl sites for hydroxylation is 1. The Bertz CT molecular complexity index is 1450. The number of halogens is 3. The molecule has 2 aliphatic carbocycles. The number of carbonyl (C=O) groups is 1. The summed E-state index contributed by atoms with van der Waals surface area (Å²) in [4.78, 5) is 16.6. The van der Waals surface area contributed by atoms with Gasteiger partial charge in [0.2, 0.25) is 5.91 Å². The van der Waals surface area contributed by atoms with Crippen LogP contribution in [-0.2, 0) is 11.3 Å². The molecular formula is C34H37ClF2N2O3. The summed E-state index contributed by atoms with van der Waals surface area (Å²) in [7, 11) is 0. The number of rotatable bonds is 10. The first-order valence-electron chi connectivity index (χ1n) is 14.9. The van der Waals surface area contributed by atoms with Crippen molar-refractivity contribution in [1.29, 1.82) is 0 Å². The van der Waals surface area contributed by atoms with Crippen LogP contribution in [0.2, 0.25) is 5.02 Å². The molecule has 1 aliphatic heterocycles. The van der Waals surface area contributed by atoms with E-state index < -0.39 is 11.6 Å². The Balaban J connectivity index is 1.14. The summed E-state index contributed by atoms with van der Waals surface area (Å²) in [6.45, 7) is 6.95. The van der Waals surface area contributed by atoms with E-state index in [0.717, 1.165) is 50.0 Å². The van der Waals surface area contributed by atoms with E-state index in [1.165, 1.54) is 16.7 Å². The maximum absolute atomic E-state index is 14.4. The predicted molar refractivity (Wildman–Crippen MR) is 159 cm³/mol. The fourth-order valence-electron chi connectivity index (χ4n) is 6.79. The smallest absolute Gasteiger partial charge is 0.227 e. The average molecular weight is 595 g/mol. The zero-order valence-corrected chi connectivity index (χ0v) is 24.8. The van der Waals surface area contributed by atoms with Gasteiger partial charge < -0.3 is 19.7 Å². The first-order valence-corrected chi connectivity index (χ1v) is 15.2. The molecule has 1 saturated heterocycles. The zero-order valence-electron chi connectivity index (χ0n) is 24.0. The second-order valence-corrected chi connectivity index (χ2v) is 12.3. The van der Waals surface area contributed by atoms with Gasteiger partial charge in [-0.25, -0.2) is 8.78 Å². The van der Waals surface area contributed by atoms with E-state index >= 15 is 0 Å². The maximum Gasteiger partial charge on any atom is 0.227 e. The van der Waals surface area contributed by atoms with Gasteiger partial charge in [0.05, 0.1) is 0 Å². The number of amides is 1. The molecule has 1 N–H and O–H groups in total. The molecule has 42 heavy (non-hydrogen) atoms. The molecule has 0 spiro atoms. The maximum atomic E-state index is 14.4. The molecule has 222 valence electrons. The lowest BCUT2D eigenvalue weighted by Crippen LogP contribution is -2.41. The van der Waals surface area contributed by atoms with Gasteiger partial charge in [-0.1, -0.05) is 41.9 Å². The molecule has 2 saturated carbocycles. The second kappa shape index (κ2) is 12.2. The van der Waals surface area contributed by atoms with Crippen LogP contribution in [0, 0.1) is 43.2 Å². The van der Waals surface area contributed by atoms with Crippen LogP contribution in [0.4, 0.5) is 8.78 Å². The van der Waals surface area contributed by atoms with Crippen molar-refractivity contribution in [3.8, 4) is 11.5 Å². The Labute approximate surface area is 251 Å². The molecule has 5 nitrogen and oxygen atoms in total. The molecule has 8 heteroatoms. The van der Waals surface area contributed by atoms with Crippen LogP contribution in [0.5, 0.6) is 11.5 Å². The van der Waals surface area contributed by atoms with Crippen molar-refractivity contribution >= 4 is 17.5 Å². The average Bonchev–Trinajstić information content (AvgIpc) is 3.61. The first-order chi connectivity index (χ1) is 20.3. The van der Waals surface area contributed by atoms with E-state index in [1.54, 1.807) is 0 Å². The van der Waals surface area contributed by atoms with E-state index in [1.807, 2.05) is 12.1 Å². The summed E-state index contributed by atoms with van der Waals surface area (Å²) in [5.41, 5.74) is 4.92. The quantitative estimate of drug-likeness (QED) is 0.207. The van der Waals surface area contributed by atoms with Gasteiger partial charge in [-0.15, -0.1) is 0 Å². The highest BCUT2D eigenvalue weighted by Crippen LogP contribution is 2.50. The molecular weight excluding hydrogens is 558 g/mol. The monoisotopic (exact) mass is 594 g/mol. The summed E-state index contributed by atoms with van der Waals surface area (Å²) < 4.78 is 38.7. The fourth-order valence-corrected chi connectivity index (χ4v) is 7.00. The Morgan fingerprint density at radius 2 is 1.71 bits per heavy atom. The molecule has 0 bridgehead atoms. The van der Waals surface area contributed by atoms with Gasteiger partial charge in [0.25, 0.3) is 0 Å². The van der Waals surface area contributed by atoms with Gasteiger partial charge in [-0.2, -0.15) is 0 Å². The van der Waals surface area contributed by atoms with Crippen molar-refractivity contribution < 1.29 is 23.0 Å². The van der Waals surface area contributed by atoms with Gasteiger partial charge >= 0.3 is 0 Å². The van der Waals surface area contributed by atoms with Crippen molar-refractivity contribution in [3.05, 3.63) is 93.5 Å². The number of benzene rings is 3. The summed E-state index contributed by atoms with van der Waals surface area (Å²) in [5.74, 6) is 0.0987. The highest BCUT2D eigenvalue weighted by Gasteiger charge is 2.51. The number of ether oxygens (including phenoxy) is 2. The van der Waals surface area contributed by atoms with Crippen molar-refractivity contribution in [2.24, 2.45) is 17.8 Å². The SMILES string of the molecule is Cc1cccc(CN(C(=O)C2C(c3ccc(OCCOc4c(F)ccc(F)c4Cl)cc3)CC3CNCC32)C2CC2)c1C. The van der Waals surface area contributed by atoms with Gasteiger partial charge in [0.15, 0.2) is 11.6 Å². The van der Waals surface area contributed by atoms with Crippen LogP contribution in [0.1, 0.15) is 47.4 Å². The van der Waals surface area contributed by atoms with Crippen molar-refractivity contribution in [2.45, 2.75) is 51.6 Å². The lowest BCUT2D eigenvalue weighted by atomic mass is 9.83. The van der Waals surface area contributed by atoms with E-state index in [0.29, 0.717) is 36.1 Å². The summed E-state index contributed by atoms with van der Waals surface area (Å²) >= 11 is 5.83. The number of nitrogens with zero attached hydrogens (tertiary/aromatic N) is 1. The van der Waals surface area contributed by atoms with Crippen LogP contribution in [0.3, 0.4) is 0 Å². The van der Waals surface area contributed by atoms with E-state index in [9.17, 15) is 13.6 Å². The minimum Gasteiger partial charge on any atom is -0.490 e. The Morgan fingerprint density at radius 1 is 0.976 bits per heavy atom. The molecule has 6 rings (SSSR count). The number of nitrogens with one attached hydrogen (secondary N) is 1. The molecule has 3 aliphatic rings. The Hall–Kier alpha value is -3.16. The van der Waals surface area contributed by atoms with Crippen molar-refractivity contribution in [3.63, 3.8) is 0 Å². The van der Waals surface area contributed by atoms with E-state index in [4.69, 9.17) is 21.1 Å². The third-order valence-corrected chi connectivity index (χ3v) is 9.72. The highest BCUT2D eigenvalue weighted by atomic mass is 35.5. The lowest BCUT2D eigenvalue weighted by Gasteiger charge is -2.32. The minimum absolute atomic E-state index is 0.00875. The van der Waals surface area contributed by atoms with Gasteiger partial charge in [0, 0.05) is 18.5 Å². The van der Waals surface area contributed by atoms with Crippen LogP contribution in [0.25, 0.3) is 0 Å². The van der Waals surface area contributed by atoms with Crippen molar-refractivity contribution in [1.82, 2.24) is 10.2 Å². The van der Waals surface area contributed by atoms with E-state index in [2.05, 4.69) is 54.4 Å². The number of fused-ring (bicyclic) bond motifs is 1. The third-order valence-electron chi connectivity index (χ3n) is 9.37. The van der Waals surface area contributed by atoms with Crippen LogP contribution < -0.4 is 14.8 Å². The largest absolute Gasteiger partial charge is 0.490 e. The summed E-state index contributed by atoms with van der Waals surface area (Å²) in [6, 6.07) is 16.6. The highest BCUT2D eigenvalue weighted by molar-refractivity contribution is 6.32. The fraction of sp³-hybridized carbons (Fsp3) is 0.441. The molecule has 3 fully saturated rings. The molecule has 4 unspecified atom stereocenters. The Morgan fingerprint density at radius 3 is 2.48 bits per heavy atom. The third kappa shape index (κ3) is 5.86. The molecule has 4 atom stereocenters. The van der Waals surface area contributed by atoms with Crippen LogP contribution in [-0.4, -0.2) is 43.2 Å². The predicted octanol–water partition coefficient (Wildman–Crippen LogP) is 6.82. The van der Waals surface area contributed by atoms with Gasteiger partial charge in [-0.3, -0.25) is 4.79 Å². The number of hydrogen-bond acceptors (Lipinski definition) is 4. The normalized spacial score (nSPS) is 23.1. The first kappa shape index (κ1) is 28.9. The van der Waals surface area contributed by atoms with Gasteiger partial charge in [0.1, 0.15) is 29.8 Å². The standard InChI is InChI=1S/C34H37ClF2N2O3/c1-20-4-3-5-23(21(20)2)19-39(25-8-9-25)34(40)31-27(16-24-17-38-18-28(24)31)22-6-10-26(11-7-22)41-14-15-42-33-30(37)13-12-29(36)32(33)35/h3-7,10-13,24-25,27-28,31,38H,8-9,14-19H2,1-2H3. The molecule has 0 radical (unpaired) electrons.